The van der Waals surface area contributed by atoms with E-state index in [0.717, 1.165) is 23.2 Å². The zero-order chi connectivity index (χ0) is 8.43. The van der Waals surface area contributed by atoms with Crippen LogP contribution < -0.4 is 0 Å². The van der Waals surface area contributed by atoms with E-state index in [1.165, 1.54) is 0 Å². The van der Waals surface area contributed by atoms with Gasteiger partial charge in [-0.15, -0.1) is 0 Å². The van der Waals surface area contributed by atoms with Gasteiger partial charge in [0, 0.05) is 12.8 Å². The molecule has 0 amide bonds. The Kier molecular flexibility index (Phi) is 3.09. The van der Waals surface area contributed by atoms with Gasteiger partial charge in [0.15, 0.2) is 5.11 Å². The minimum absolute atomic E-state index is 0.811. The molecule has 0 bridgehead atoms. The molecule has 5 heteroatoms. The highest BCUT2D eigenvalue weighted by atomic mass is 32.2. The lowest BCUT2D eigenvalue weighted by Crippen LogP contribution is -2.27. The Labute approximate surface area is 82.1 Å². The van der Waals surface area contributed by atoms with Gasteiger partial charge in [-0.2, -0.15) is 0 Å². The average Bonchev–Trinajstić information content (AvgIpc) is 2.26. The van der Waals surface area contributed by atoms with Crippen LogP contribution in [0.4, 0.5) is 0 Å². The summed E-state index contributed by atoms with van der Waals surface area (Å²) in [5.74, 6) is 0. The fourth-order valence-corrected chi connectivity index (χ4v) is 2.54. The lowest BCUT2D eigenvalue weighted by Gasteiger charge is -2.16. The highest BCUT2D eigenvalue weighted by Crippen LogP contribution is 2.18. The van der Waals surface area contributed by atoms with E-state index >= 15 is 0 Å². The van der Waals surface area contributed by atoms with Crippen LogP contribution in [0.15, 0.2) is 0 Å². The molecule has 0 aliphatic carbocycles. The topological polar surface area (TPSA) is 6.48 Å². The minimum atomic E-state index is 0.811. The monoisotopic (exact) mass is 206 g/mol. The van der Waals surface area contributed by atoms with Gasteiger partial charge in [0.1, 0.15) is 4.99 Å². The Morgan fingerprint density at radius 1 is 1.55 bits per heavy atom. The third kappa shape index (κ3) is 1.65. The second kappa shape index (κ2) is 3.69. The van der Waals surface area contributed by atoms with Crippen molar-refractivity contribution >= 4 is 46.5 Å². The van der Waals surface area contributed by atoms with Crippen LogP contribution >= 0.6 is 36.4 Å². The summed E-state index contributed by atoms with van der Waals surface area (Å²) in [7, 11) is 0. The van der Waals surface area contributed by atoms with Crippen LogP contribution in [0.1, 0.15) is 6.92 Å². The zero-order valence-corrected chi connectivity index (χ0v) is 8.98. The predicted octanol–water partition coefficient (Wildman–Crippen LogP) is 1.51. The van der Waals surface area contributed by atoms with Crippen molar-refractivity contribution in [3.63, 3.8) is 0 Å². The van der Waals surface area contributed by atoms with Gasteiger partial charge in [-0.3, -0.25) is 4.31 Å². The molecule has 0 atom stereocenters. The molecule has 2 nitrogen and oxygen atoms in total. The summed E-state index contributed by atoms with van der Waals surface area (Å²) in [5, 5.41) is 0.852. The van der Waals surface area contributed by atoms with Gasteiger partial charge in [-0.05, 0) is 31.1 Å². The maximum absolute atomic E-state index is 5.18. The van der Waals surface area contributed by atoms with E-state index in [1.54, 1.807) is 11.9 Å². The number of nitrogens with zero attached hydrogens (tertiary/aromatic N) is 2. The number of thiocarbonyl (C=S) groups is 2. The fraction of sp³-hybridized carbons (Fsp3) is 0.667. The Morgan fingerprint density at radius 3 is 2.45 bits per heavy atom. The number of rotatable bonds is 2. The quantitative estimate of drug-likeness (QED) is 0.498. The summed E-state index contributed by atoms with van der Waals surface area (Å²) in [6, 6.07) is 0. The molecule has 62 valence electrons. The minimum Gasteiger partial charge on any atom is -0.342 e. The van der Waals surface area contributed by atoms with Crippen molar-refractivity contribution in [1.29, 1.82) is 0 Å². The van der Waals surface area contributed by atoms with E-state index in [0.29, 0.717) is 0 Å². The highest BCUT2D eigenvalue weighted by Gasteiger charge is 2.27. The molecule has 0 aromatic heterocycles. The lowest BCUT2D eigenvalue weighted by molar-refractivity contribution is 0.519. The predicted molar refractivity (Wildman–Crippen MR) is 57.8 cm³/mol. The van der Waals surface area contributed by atoms with Crippen LogP contribution in [0.2, 0.25) is 0 Å². The maximum Gasteiger partial charge on any atom is 0.187 e. The molecule has 1 rings (SSSR count). The molecular formula is C6H10N2S3. The molecule has 11 heavy (non-hydrogen) atoms. The van der Waals surface area contributed by atoms with Gasteiger partial charge in [-0.25, -0.2) is 0 Å². The molecule has 0 aromatic carbocycles. The largest absolute Gasteiger partial charge is 0.342 e. The number of likely N-dealkylation sites (N-methyl/N-ethyl adjacent to an activating group) is 1. The summed E-state index contributed by atoms with van der Waals surface area (Å²) in [6.07, 6.45) is 1.98. The van der Waals surface area contributed by atoms with Crippen molar-refractivity contribution in [2.24, 2.45) is 0 Å². The second-order valence-electron chi connectivity index (χ2n) is 2.17. The van der Waals surface area contributed by atoms with E-state index in [-0.39, 0.29) is 0 Å². The fourth-order valence-electron chi connectivity index (χ4n) is 0.957. The van der Waals surface area contributed by atoms with Crippen molar-refractivity contribution in [2.75, 3.05) is 19.3 Å². The molecular weight excluding hydrogens is 196 g/mol. The normalized spacial score (nSPS) is 18.4. The van der Waals surface area contributed by atoms with Crippen LogP contribution in [-0.4, -0.2) is 38.7 Å². The first-order valence-corrected chi connectivity index (χ1v) is 5.36. The molecule has 1 fully saturated rings. The van der Waals surface area contributed by atoms with E-state index in [2.05, 4.69) is 11.8 Å². The molecule has 1 aliphatic rings. The lowest BCUT2D eigenvalue weighted by atomic mass is 10.6. The molecule has 0 saturated carbocycles. The first-order chi connectivity index (χ1) is 5.20. The van der Waals surface area contributed by atoms with E-state index in [1.807, 2.05) is 10.6 Å². The van der Waals surface area contributed by atoms with Gasteiger partial charge in [0.25, 0.3) is 0 Å². The molecule has 0 aromatic rings. The van der Waals surface area contributed by atoms with Crippen molar-refractivity contribution in [1.82, 2.24) is 9.21 Å². The zero-order valence-electron chi connectivity index (χ0n) is 6.53. The molecule has 1 aliphatic heterocycles. The third-order valence-electron chi connectivity index (χ3n) is 1.56. The molecule has 0 spiro atoms. The van der Waals surface area contributed by atoms with Crippen molar-refractivity contribution in [2.45, 2.75) is 6.92 Å². The Hall–Kier alpha value is 0.130. The standard InChI is InChI=1S/C6H10N2S3/c1-3-7-4-5(9)8(11-2)6(7)10/h3-4H2,1-2H3. The average molecular weight is 206 g/mol. The van der Waals surface area contributed by atoms with Crippen LogP contribution in [0.25, 0.3) is 0 Å². The van der Waals surface area contributed by atoms with Crippen molar-refractivity contribution in [3.8, 4) is 0 Å². The summed E-state index contributed by atoms with van der Waals surface area (Å²) < 4.78 is 1.92. The van der Waals surface area contributed by atoms with Gasteiger partial charge in [0.2, 0.25) is 0 Å². The molecule has 1 saturated heterocycles. The summed E-state index contributed by atoms with van der Waals surface area (Å²) in [4.78, 5) is 3.01. The molecule has 0 radical (unpaired) electrons. The van der Waals surface area contributed by atoms with Crippen LogP contribution in [0.5, 0.6) is 0 Å². The SMILES string of the molecule is CCN1CC(=S)N(SC)C1=S. The van der Waals surface area contributed by atoms with Gasteiger partial charge in [0.05, 0.1) is 6.54 Å². The molecule has 1 heterocycles. The first kappa shape index (κ1) is 9.22. The second-order valence-corrected chi connectivity index (χ2v) is 3.73. The molecule has 0 unspecified atom stereocenters. The Morgan fingerprint density at radius 2 is 2.18 bits per heavy atom. The Balaban J connectivity index is 2.71. The van der Waals surface area contributed by atoms with Gasteiger partial charge < -0.3 is 4.90 Å². The summed E-state index contributed by atoms with van der Waals surface area (Å²) in [5.41, 5.74) is 0. The van der Waals surface area contributed by atoms with Crippen molar-refractivity contribution in [3.05, 3.63) is 0 Å². The third-order valence-corrected chi connectivity index (χ3v) is 3.30. The molecule has 0 N–H and O–H groups in total. The van der Waals surface area contributed by atoms with Gasteiger partial charge in [-0.1, -0.05) is 12.2 Å². The van der Waals surface area contributed by atoms with Gasteiger partial charge >= 0.3 is 0 Å². The van der Waals surface area contributed by atoms with Crippen molar-refractivity contribution < 1.29 is 0 Å². The number of hydrogen-bond acceptors (Lipinski definition) is 3. The van der Waals surface area contributed by atoms with E-state index in [9.17, 15) is 0 Å². The first-order valence-electron chi connectivity index (χ1n) is 3.36. The highest BCUT2D eigenvalue weighted by molar-refractivity contribution is 7.99. The van der Waals surface area contributed by atoms with Crippen LogP contribution in [-0.2, 0) is 0 Å². The number of hydrogen-bond donors (Lipinski definition) is 0. The maximum atomic E-state index is 5.18. The summed E-state index contributed by atoms with van der Waals surface area (Å²) in [6.45, 7) is 3.83. The smallest absolute Gasteiger partial charge is 0.187 e. The van der Waals surface area contributed by atoms with Crippen LogP contribution in [0.3, 0.4) is 0 Å². The van der Waals surface area contributed by atoms with Crippen LogP contribution in [0, 0.1) is 0 Å². The Bertz CT molecular complexity index is 192. The summed E-state index contributed by atoms with van der Waals surface area (Å²) >= 11 is 11.9. The van der Waals surface area contributed by atoms with E-state index in [4.69, 9.17) is 24.4 Å². The van der Waals surface area contributed by atoms with E-state index < -0.39 is 0 Å².